The first-order valence-electron chi connectivity index (χ1n) is 6.24. The quantitative estimate of drug-likeness (QED) is 0.785. The van der Waals surface area contributed by atoms with Crippen LogP contribution in [0.5, 0.6) is 11.5 Å². The zero-order chi connectivity index (χ0) is 11.5. The van der Waals surface area contributed by atoms with Crippen molar-refractivity contribution in [2.75, 3.05) is 32.8 Å². The fourth-order valence-corrected chi connectivity index (χ4v) is 2.36. The van der Waals surface area contributed by atoms with E-state index >= 15 is 0 Å². The van der Waals surface area contributed by atoms with E-state index in [1.165, 1.54) is 5.56 Å². The maximum absolute atomic E-state index is 5.59. The molecule has 2 aliphatic rings. The highest BCUT2D eigenvalue weighted by molar-refractivity contribution is 5.44. The van der Waals surface area contributed by atoms with Crippen molar-refractivity contribution in [2.45, 2.75) is 12.5 Å². The SMILES string of the molecule is c1cc2c(cc1CC1CNCCN1)OCCO2. The number of hydrogen-bond acceptors (Lipinski definition) is 4. The first-order valence-corrected chi connectivity index (χ1v) is 6.24. The van der Waals surface area contributed by atoms with Crippen molar-refractivity contribution < 1.29 is 9.47 Å². The molecule has 0 radical (unpaired) electrons. The molecule has 0 saturated carbocycles. The largest absolute Gasteiger partial charge is 0.486 e. The number of hydrogen-bond donors (Lipinski definition) is 2. The lowest BCUT2D eigenvalue weighted by atomic mass is 10.0. The summed E-state index contributed by atoms with van der Waals surface area (Å²) < 4.78 is 11.1. The van der Waals surface area contributed by atoms with E-state index in [4.69, 9.17) is 9.47 Å². The fourth-order valence-electron chi connectivity index (χ4n) is 2.36. The zero-order valence-electron chi connectivity index (χ0n) is 9.87. The van der Waals surface area contributed by atoms with Gasteiger partial charge in [0.05, 0.1) is 0 Å². The highest BCUT2D eigenvalue weighted by Crippen LogP contribution is 2.31. The molecule has 1 fully saturated rings. The maximum atomic E-state index is 5.59. The molecule has 2 aliphatic heterocycles. The molecular formula is C13H18N2O2. The van der Waals surface area contributed by atoms with Crippen LogP contribution in [0.4, 0.5) is 0 Å². The number of rotatable bonds is 2. The van der Waals surface area contributed by atoms with Crippen LogP contribution >= 0.6 is 0 Å². The molecule has 4 heteroatoms. The predicted octanol–water partition coefficient (Wildman–Crippen LogP) is 0.562. The monoisotopic (exact) mass is 234 g/mol. The van der Waals surface area contributed by atoms with Crippen LogP contribution in [-0.2, 0) is 6.42 Å². The second kappa shape index (κ2) is 4.94. The number of fused-ring (bicyclic) bond motifs is 1. The molecule has 0 amide bonds. The van der Waals surface area contributed by atoms with E-state index in [1.807, 2.05) is 6.07 Å². The van der Waals surface area contributed by atoms with Crippen LogP contribution in [0.1, 0.15) is 5.56 Å². The molecule has 0 aliphatic carbocycles. The molecule has 2 heterocycles. The molecule has 0 bridgehead atoms. The third-order valence-corrected chi connectivity index (χ3v) is 3.21. The third-order valence-electron chi connectivity index (χ3n) is 3.21. The standard InChI is InChI=1S/C13H18N2O2/c1-2-12-13(17-6-5-16-12)8-10(1)7-11-9-14-3-4-15-11/h1-2,8,11,14-15H,3-7,9H2. The smallest absolute Gasteiger partial charge is 0.161 e. The Morgan fingerprint density at radius 2 is 2.00 bits per heavy atom. The van der Waals surface area contributed by atoms with E-state index < -0.39 is 0 Å². The third kappa shape index (κ3) is 2.53. The number of nitrogens with one attached hydrogen (secondary N) is 2. The van der Waals surface area contributed by atoms with Crippen molar-refractivity contribution >= 4 is 0 Å². The van der Waals surface area contributed by atoms with Crippen LogP contribution < -0.4 is 20.1 Å². The Balaban J connectivity index is 1.70. The molecule has 17 heavy (non-hydrogen) atoms. The fraction of sp³-hybridized carbons (Fsp3) is 0.538. The van der Waals surface area contributed by atoms with Crippen molar-refractivity contribution in [3.8, 4) is 11.5 Å². The van der Waals surface area contributed by atoms with E-state index in [0.717, 1.165) is 37.6 Å². The normalized spacial score (nSPS) is 23.4. The van der Waals surface area contributed by atoms with Gasteiger partial charge in [-0.05, 0) is 24.1 Å². The highest BCUT2D eigenvalue weighted by Gasteiger charge is 2.15. The van der Waals surface area contributed by atoms with Gasteiger partial charge in [-0.2, -0.15) is 0 Å². The van der Waals surface area contributed by atoms with E-state index in [-0.39, 0.29) is 0 Å². The molecule has 4 nitrogen and oxygen atoms in total. The lowest BCUT2D eigenvalue weighted by Gasteiger charge is -2.25. The Bertz CT molecular complexity index is 389. The van der Waals surface area contributed by atoms with Crippen LogP contribution in [0.3, 0.4) is 0 Å². The molecule has 2 N–H and O–H groups in total. The lowest BCUT2D eigenvalue weighted by Crippen LogP contribution is -2.49. The average Bonchev–Trinajstić information content (AvgIpc) is 2.40. The lowest BCUT2D eigenvalue weighted by molar-refractivity contribution is 0.171. The van der Waals surface area contributed by atoms with Crippen LogP contribution in [0, 0.1) is 0 Å². The van der Waals surface area contributed by atoms with E-state index in [2.05, 4.69) is 22.8 Å². The van der Waals surface area contributed by atoms with Gasteiger partial charge >= 0.3 is 0 Å². The van der Waals surface area contributed by atoms with Crippen LogP contribution in [0.25, 0.3) is 0 Å². The predicted molar refractivity (Wildman–Crippen MR) is 65.8 cm³/mol. The second-order valence-corrected chi connectivity index (χ2v) is 4.54. The second-order valence-electron chi connectivity index (χ2n) is 4.54. The van der Waals surface area contributed by atoms with Gasteiger partial charge in [0.2, 0.25) is 0 Å². The van der Waals surface area contributed by atoms with Crippen LogP contribution in [0.2, 0.25) is 0 Å². The first kappa shape index (κ1) is 10.9. The summed E-state index contributed by atoms with van der Waals surface area (Å²) in [6.07, 6.45) is 1.03. The molecule has 1 aromatic carbocycles. The van der Waals surface area contributed by atoms with Gasteiger partial charge in [-0.1, -0.05) is 6.07 Å². The topological polar surface area (TPSA) is 42.5 Å². The number of benzene rings is 1. The van der Waals surface area contributed by atoms with Gasteiger partial charge in [0.1, 0.15) is 13.2 Å². The van der Waals surface area contributed by atoms with Crippen LogP contribution in [-0.4, -0.2) is 38.9 Å². The van der Waals surface area contributed by atoms with E-state index in [9.17, 15) is 0 Å². The Kier molecular flexibility index (Phi) is 3.16. The van der Waals surface area contributed by atoms with Crippen molar-refractivity contribution in [1.29, 1.82) is 0 Å². The minimum Gasteiger partial charge on any atom is -0.486 e. The molecule has 1 atom stereocenters. The van der Waals surface area contributed by atoms with Gasteiger partial charge in [0.15, 0.2) is 11.5 Å². The zero-order valence-corrected chi connectivity index (χ0v) is 9.87. The van der Waals surface area contributed by atoms with Crippen LogP contribution in [0.15, 0.2) is 18.2 Å². The van der Waals surface area contributed by atoms with Gasteiger partial charge in [-0.15, -0.1) is 0 Å². The Morgan fingerprint density at radius 1 is 1.12 bits per heavy atom. The van der Waals surface area contributed by atoms with Crippen molar-refractivity contribution in [3.63, 3.8) is 0 Å². The average molecular weight is 234 g/mol. The van der Waals surface area contributed by atoms with E-state index in [1.54, 1.807) is 0 Å². The summed E-state index contributed by atoms with van der Waals surface area (Å²) in [4.78, 5) is 0. The molecule has 1 saturated heterocycles. The van der Waals surface area contributed by atoms with Crippen molar-refractivity contribution in [1.82, 2.24) is 10.6 Å². The van der Waals surface area contributed by atoms with Gasteiger partial charge in [-0.25, -0.2) is 0 Å². The summed E-state index contributed by atoms with van der Waals surface area (Å²) >= 11 is 0. The summed E-state index contributed by atoms with van der Waals surface area (Å²) in [6.45, 7) is 4.46. The summed E-state index contributed by atoms with van der Waals surface area (Å²) in [5, 5.41) is 6.91. The molecule has 92 valence electrons. The highest BCUT2D eigenvalue weighted by atomic mass is 16.6. The molecule has 0 spiro atoms. The molecule has 1 aromatic rings. The van der Waals surface area contributed by atoms with E-state index in [0.29, 0.717) is 19.3 Å². The number of ether oxygens (including phenoxy) is 2. The Hall–Kier alpha value is -1.26. The van der Waals surface area contributed by atoms with Gasteiger partial charge in [-0.3, -0.25) is 0 Å². The summed E-state index contributed by atoms with van der Waals surface area (Å²) in [5.74, 6) is 1.76. The van der Waals surface area contributed by atoms with Crippen molar-refractivity contribution in [3.05, 3.63) is 23.8 Å². The minimum atomic E-state index is 0.520. The van der Waals surface area contributed by atoms with Gasteiger partial charge in [0.25, 0.3) is 0 Å². The van der Waals surface area contributed by atoms with Gasteiger partial charge in [0, 0.05) is 25.7 Å². The molecular weight excluding hydrogens is 216 g/mol. The van der Waals surface area contributed by atoms with Crippen molar-refractivity contribution in [2.24, 2.45) is 0 Å². The number of piperazine rings is 1. The molecule has 3 rings (SSSR count). The Morgan fingerprint density at radius 3 is 2.82 bits per heavy atom. The summed E-state index contributed by atoms with van der Waals surface area (Å²) in [5.41, 5.74) is 1.30. The summed E-state index contributed by atoms with van der Waals surface area (Å²) in [6, 6.07) is 6.76. The molecule has 1 unspecified atom stereocenters. The Labute approximate surface area is 101 Å². The summed E-state index contributed by atoms with van der Waals surface area (Å²) in [7, 11) is 0. The van der Waals surface area contributed by atoms with Gasteiger partial charge < -0.3 is 20.1 Å². The molecule has 0 aromatic heterocycles. The minimum absolute atomic E-state index is 0.520. The first-order chi connectivity index (χ1) is 8.42. The maximum Gasteiger partial charge on any atom is 0.161 e.